The fourth-order valence-electron chi connectivity index (χ4n) is 3.09. The first-order valence-corrected chi connectivity index (χ1v) is 9.62. The number of carbonyl (C=O) groups excluding carboxylic acids is 1. The summed E-state index contributed by atoms with van der Waals surface area (Å²) in [4.78, 5) is 22.5. The summed E-state index contributed by atoms with van der Waals surface area (Å²) in [6, 6.07) is 14.2. The van der Waals surface area contributed by atoms with Crippen molar-refractivity contribution >= 4 is 17.8 Å². The number of aromatic nitrogens is 4. The molecule has 32 heavy (non-hydrogen) atoms. The lowest BCUT2D eigenvalue weighted by Crippen LogP contribution is -2.21. The molecule has 0 saturated heterocycles. The molecule has 2 N–H and O–H groups in total. The summed E-state index contributed by atoms with van der Waals surface area (Å²) in [5.41, 5.74) is 8.82. The molecule has 160 valence electrons. The highest BCUT2D eigenvalue weighted by molar-refractivity contribution is 5.95. The number of benzene rings is 2. The van der Waals surface area contributed by atoms with E-state index in [0.717, 1.165) is 5.56 Å². The molecule has 8 nitrogen and oxygen atoms in total. The van der Waals surface area contributed by atoms with Crippen molar-refractivity contribution in [2.24, 2.45) is 0 Å². The number of halogens is 1. The van der Waals surface area contributed by atoms with Crippen LogP contribution in [0.25, 0.3) is 40.4 Å². The smallest absolute Gasteiger partial charge is 0.270 e. The average molecular weight is 430 g/mol. The van der Waals surface area contributed by atoms with Crippen molar-refractivity contribution in [1.82, 2.24) is 25.1 Å². The van der Waals surface area contributed by atoms with Gasteiger partial charge in [0.15, 0.2) is 11.5 Å². The number of hydrogen-bond donors (Lipinski definition) is 1. The zero-order chi connectivity index (χ0) is 22.7. The molecule has 0 atom stereocenters. The van der Waals surface area contributed by atoms with Gasteiger partial charge in [0.2, 0.25) is 5.89 Å². The minimum Gasteiger partial charge on any atom is -0.414 e. The number of nitrogens with two attached hydrogens (primary N) is 1. The van der Waals surface area contributed by atoms with Crippen molar-refractivity contribution < 1.29 is 13.6 Å². The Morgan fingerprint density at radius 1 is 1.09 bits per heavy atom. The van der Waals surface area contributed by atoms with E-state index in [-0.39, 0.29) is 23.3 Å². The monoisotopic (exact) mass is 430 g/mol. The van der Waals surface area contributed by atoms with Gasteiger partial charge in [-0.25, -0.2) is 14.4 Å². The molecule has 0 unspecified atom stereocenters. The Morgan fingerprint density at radius 2 is 1.84 bits per heavy atom. The summed E-state index contributed by atoms with van der Waals surface area (Å²) in [6.45, 7) is 0. The third-order valence-electron chi connectivity index (χ3n) is 4.67. The quantitative estimate of drug-likeness (QED) is 0.508. The predicted octanol–water partition coefficient (Wildman–Crippen LogP) is 4.08. The van der Waals surface area contributed by atoms with Gasteiger partial charge in [0.1, 0.15) is 0 Å². The Bertz CT molecular complexity index is 1300. The van der Waals surface area contributed by atoms with E-state index in [1.54, 1.807) is 32.3 Å². The minimum absolute atomic E-state index is 0.109. The number of hydrogen-bond acceptors (Lipinski definition) is 7. The lowest BCUT2D eigenvalue weighted by Gasteiger charge is -2.13. The van der Waals surface area contributed by atoms with E-state index < -0.39 is 0 Å². The van der Waals surface area contributed by atoms with Gasteiger partial charge in [-0.05, 0) is 35.9 Å². The molecule has 0 spiro atoms. The van der Waals surface area contributed by atoms with E-state index in [9.17, 15) is 9.18 Å². The summed E-state index contributed by atoms with van der Waals surface area (Å²) in [5.74, 6) is 0.338. The maximum absolute atomic E-state index is 13.1. The van der Waals surface area contributed by atoms with Crippen LogP contribution >= 0.6 is 0 Å². The van der Waals surface area contributed by atoms with Gasteiger partial charge in [-0.2, -0.15) is 0 Å². The Balaban J connectivity index is 1.76. The fourth-order valence-corrected chi connectivity index (χ4v) is 3.09. The highest BCUT2D eigenvalue weighted by Crippen LogP contribution is 2.30. The van der Waals surface area contributed by atoms with Crippen LogP contribution in [0.2, 0.25) is 0 Å². The molecule has 4 aromatic rings. The number of carbonyl (C=O) groups is 1. The molecule has 0 saturated carbocycles. The van der Waals surface area contributed by atoms with Gasteiger partial charge in [-0.15, -0.1) is 10.2 Å². The summed E-state index contributed by atoms with van der Waals surface area (Å²) >= 11 is 0. The lowest BCUT2D eigenvalue weighted by molar-refractivity contribution is 0.0827. The Morgan fingerprint density at radius 3 is 2.56 bits per heavy atom. The zero-order valence-corrected chi connectivity index (χ0v) is 17.4. The first-order valence-electron chi connectivity index (χ1n) is 9.62. The molecule has 4 rings (SSSR count). The van der Waals surface area contributed by atoms with Gasteiger partial charge in [0, 0.05) is 30.8 Å². The second-order valence-corrected chi connectivity index (χ2v) is 7.06. The Labute approximate surface area is 183 Å². The number of rotatable bonds is 5. The van der Waals surface area contributed by atoms with Gasteiger partial charge in [0.05, 0.1) is 18.2 Å². The van der Waals surface area contributed by atoms with Crippen molar-refractivity contribution in [2.75, 3.05) is 19.8 Å². The fraction of sp³-hybridized carbons (Fsp3) is 0.0870. The van der Waals surface area contributed by atoms with Gasteiger partial charge < -0.3 is 15.1 Å². The van der Waals surface area contributed by atoms with Crippen LogP contribution < -0.4 is 5.73 Å². The van der Waals surface area contributed by atoms with Crippen molar-refractivity contribution in [1.29, 1.82) is 0 Å². The van der Waals surface area contributed by atoms with Crippen molar-refractivity contribution in [3.63, 3.8) is 0 Å². The lowest BCUT2D eigenvalue weighted by atomic mass is 10.0. The number of nitrogen functional groups attached to an aromatic ring is 1. The molecule has 0 bridgehead atoms. The number of anilines is 1. The summed E-state index contributed by atoms with van der Waals surface area (Å²) in [7, 11) is 3.29. The summed E-state index contributed by atoms with van der Waals surface area (Å²) in [6.07, 6.45) is 3.11. The van der Waals surface area contributed by atoms with Crippen LogP contribution in [0.1, 0.15) is 15.9 Å². The SMILES string of the molecule is CN(C)C(=O)c1ccc(-c2cnc(N)c(-c3nnc(-c4ccccc4)o3)n2)c(C=CF)c1. The first-order chi connectivity index (χ1) is 15.5. The van der Waals surface area contributed by atoms with Crippen LogP contribution in [-0.4, -0.2) is 45.1 Å². The van der Waals surface area contributed by atoms with Gasteiger partial charge in [0.25, 0.3) is 11.8 Å². The van der Waals surface area contributed by atoms with Gasteiger partial charge in [-0.3, -0.25) is 4.79 Å². The summed E-state index contributed by atoms with van der Waals surface area (Å²) < 4.78 is 18.8. The zero-order valence-electron chi connectivity index (χ0n) is 17.4. The number of nitrogens with zero attached hydrogens (tertiary/aromatic N) is 5. The third kappa shape index (κ3) is 4.08. The molecule has 2 aromatic carbocycles. The molecule has 0 radical (unpaired) electrons. The van der Waals surface area contributed by atoms with Crippen molar-refractivity contribution in [3.05, 3.63) is 72.2 Å². The second kappa shape index (κ2) is 8.76. The highest BCUT2D eigenvalue weighted by Gasteiger charge is 2.18. The molecule has 2 aromatic heterocycles. The van der Waals surface area contributed by atoms with E-state index >= 15 is 0 Å². The van der Waals surface area contributed by atoms with Crippen molar-refractivity contribution in [2.45, 2.75) is 0 Å². The maximum atomic E-state index is 13.1. The highest BCUT2D eigenvalue weighted by atomic mass is 19.1. The minimum atomic E-state index is -0.201. The summed E-state index contributed by atoms with van der Waals surface area (Å²) in [5, 5.41) is 8.11. The van der Waals surface area contributed by atoms with E-state index in [1.165, 1.54) is 17.2 Å². The molecule has 9 heteroatoms. The molecule has 0 aliphatic rings. The normalized spacial score (nSPS) is 11.1. The number of amides is 1. The maximum Gasteiger partial charge on any atom is 0.270 e. The predicted molar refractivity (Wildman–Crippen MR) is 119 cm³/mol. The van der Waals surface area contributed by atoms with E-state index in [0.29, 0.717) is 34.6 Å². The molecule has 1 amide bonds. The molecule has 0 fully saturated rings. The largest absolute Gasteiger partial charge is 0.414 e. The van der Waals surface area contributed by atoms with Crippen LogP contribution in [0.3, 0.4) is 0 Å². The van der Waals surface area contributed by atoms with Crippen LogP contribution in [0.5, 0.6) is 0 Å². The third-order valence-corrected chi connectivity index (χ3v) is 4.67. The van der Waals surface area contributed by atoms with Crippen LogP contribution in [-0.2, 0) is 0 Å². The molecular weight excluding hydrogens is 411 g/mol. The molecule has 0 aliphatic heterocycles. The van der Waals surface area contributed by atoms with Gasteiger partial charge >= 0.3 is 0 Å². The Hall–Kier alpha value is -4.40. The Kier molecular flexibility index (Phi) is 5.71. The van der Waals surface area contributed by atoms with Crippen LogP contribution in [0, 0.1) is 0 Å². The second-order valence-electron chi connectivity index (χ2n) is 7.06. The van der Waals surface area contributed by atoms with Crippen LogP contribution in [0.15, 0.2) is 65.5 Å². The van der Waals surface area contributed by atoms with E-state index in [4.69, 9.17) is 10.2 Å². The van der Waals surface area contributed by atoms with E-state index in [2.05, 4.69) is 20.2 Å². The standard InChI is InChI=1S/C23H19FN6O2/c1-30(2)23(31)16-8-9-17(15(12-16)10-11-24)18-13-26-20(25)19(27-18)22-29-28-21(32-22)14-6-4-3-5-7-14/h3-13H,1-2H3,(H2,25,26). The topological polar surface area (TPSA) is 111 Å². The average Bonchev–Trinajstić information content (AvgIpc) is 3.30. The van der Waals surface area contributed by atoms with E-state index in [1.807, 2.05) is 30.3 Å². The van der Waals surface area contributed by atoms with Crippen molar-refractivity contribution in [3.8, 4) is 34.3 Å². The molecule has 0 aliphatic carbocycles. The van der Waals surface area contributed by atoms with Crippen LogP contribution in [0.4, 0.5) is 10.2 Å². The molecule has 2 heterocycles. The molecular formula is C23H19FN6O2. The first kappa shape index (κ1) is 20.9. The van der Waals surface area contributed by atoms with Gasteiger partial charge in [-0.1, -0.05) is 24.3 Å².